The maximum Gasteiger partial charge on any atom is 0.317 e. The number of carboxylic acids is 1. The Hall–Kier alpha value is -1.44. The Morgan fingerprint density at radius 3 is 2.96 bits per heavy atom. The van der Waals surface area contributed by atoms with E-state index in [1.807, 2.05) is 4.90 Å². The lowest BCUT2D eigenvalue weighted by Gasteiger charge is -2.34. The first-order valence-electron chi connectivity index (χ1n) is 8.95. The third kappa shape index (κ3) is 4.80. The summed E-state index contributed by atoms with van der Waals surface area (Å²) in [5.74, 6) is -0.765. The van der Waals surface area contributed by atoms with Crippen molar-refractivity contribution in [3.8, 4) is 0 Å². The molecule has 0 saturated carbocycles. The van der Waals surface area contributed by atoms with Gasteiger partial charge in [0.25, 0.3) is 5.91 Å². The molecule has 2 aliphatic rings. The van der Waals surface area contributed by atoms with Crippen LogP contribution in [0.4, 0.5) is 0 Å². The van der Waals surface area contributed by atoms with E-state index in [2.05, 4.69) is 6.07 Å². The normalized spacial score (nSPS) is 21.0. The van der Waals surface area contributed by atoms with Crippen LogP contribution in [0, 0.1) is 0 Å². The van der Waals surface area contributed by atoms with Crippen molar-refractivity contribution < 1.29 is 19.4 Å². The van der Waals surface area contributed by atoms with Crippen LogP contribution in [-0.2, 0) is 22.4 Å². The second-order valence-corrected chi connectivity index (χ2v) is 8.09. The van der Waals surface area contributed by atoms with Crippen LogP contribution in [0.15, 0.2) is 6.07 Å². The molecular weight excluding hydrogens is 340 g/mol. The summed E-state index contributed by atoms with van der Waals surface area (Å²) in [7, 11) is 1.76. The van der Waals surface area contributed by atoms with E-state index in [-0.39, 0.29) is 18.6 Å². The predicted octanol–water partition coefficient (Wildman–Crippen LogP) is 1.87. The molecule has 1 saturated heterocycles. The van der Waals surface area contributed by atoms with E-state index in [4.69, 9.17) is 9.84 Å². The van der Waals surface area contributed by atoms with Gasteiger partial charge in [0.1, 0.15) is 0 Å². The molecule has 1 atom stereocenters. The SMILES string of the molecule is CN(CC(=O)O)CC1CN(C(=O)c2cc3c(s2)CCCCC3)CCO1. The summed E-state index contributed by atoms with van der Waals surface area (Å²) in [6.45, 7) is 2.11. The molecule has 3 rings (SSSR count). The van der Waals surface area contributed by atoms with Crippen molar-refractivity contribution in [3.63, 3.8) is 0 Å². The highest BCUT2D eigenvalue weighted by Gasteiger charge is 2.28. The Bertz CT molecular complexity index is 607. The molecule has 1 amide bonds. The van der Waals surface area contributed by atoms with Gasteiger partial charge < -0.3 is 14.7 Å². The molecule has 0 aromatic carbocycles. The number of fused-ring (bicyclic) bond motifs is 1. The van der Waals surface area contributed by atoms with Crippen molar-refractivity contribution in [2.75, 3.05) is 39.8 Å². The van der Waals surface area contributed by atoms with Crippen LogP contribution in [0.1, 0.15) is 39.4 Å². The number of rotatable bonds is 5. The van der Waals surface area contributed by atoms with E-state index in [1.165, 1.54) is 29.7 Å². The molecule has 6 nitrogen and oxygen atoms in total. The number of morpholine rings is 1. The fourth-order valence-electron chi connectivity index (χ4n) is 3.59. The van der Waals surface area contributed by atoms with Crippen LogP contribution in [0.2, 0.25) is 0 Å². The van der Waals surface area contributed by atoms with Crippen molar-refractivity contribution in [1.29, 1.82) is 0 Å². The third-order valence-corrected chi connectivity index (χ3v) is 6.03. The van der Waals surface area contributed by atoms with Crippen molar-refractivity contribution in [1.82, 2.24) is 9.80 Å². The fraction of sp³-hybridized carbons (Fsp3) is 0.667. The number of thiophene rings is 1. The number of ether oxygens (including phenoxy) is 1. The molecule has 7 heteroatoms. The summed E-state index contributed by atoms with van der Waals surface area (Å²) in [5, 5.41) is 8.86. The van der Waals surface area contributed by atoms with Gasteiger partial charge in [-0.05, 0) is 44.4 Å². The number of hydrogen-bond acceptors (Lipinski definition) is 5. The summed E-state index contributed by atoms with van der Waals surface area (Å²) >= 11 is 1.65. The summed E-state index contributed by atoms with van der Waals surface area (Å²) in [5.41, 5.74) is 1.36. The zero-order valence-electron chi connectivity index (χ0n) is 14.7. The molecule has 25 heavy (non-hydrogen) atoms. The van der Waals surface area contributed by atoms with Gasteiger partial charge in [-0.25, -0.2) is 0 Å². The maximum atomic E-state index is 12.9. The van der Waals surface area contributed by atoms with Gasteiger partial charge in [-0.2, -0.15) is 0 Å². The highest BCUT2D eigenvalue weighted by Crippen LogP contribution is 2.30. The lowest BCUT2D eigenvalue weighted by Crippen LogP contribution is -2.49. The summed E-state index contributed by atoms with van der Waals surface area (Å²) in [6.07, 6.45) is 5.76. The number of amides is 1. The van der Waals surface area contributed by atoms with E-state index in [0.29, 0.717) is 26.2 Å². The molecule has 1 aromatic rings. The predicted molar refractivity (Wildman–Crippen MR) is 96.4 cm³/mol. The Morgan fingerprint density at radius 2 is 2.16 bits per heavy atom. The number of carboxylic acid groups (broad SMARTS) is 1. The number of aliphatic carboxylic acids is 1. The van der Waals surface area contributed by atoms with Gasteiger partial charge in [0.05, 0.1) is 24.1 Å². The summed E-state index contributed by atoms with van der Waals surface area (Å²) < 4.78 is 5.72. The van der Waals surface area contributed by atoms with Crippen molar-refractivity contribution in [2.24, 2.45) is 0 Å². The highest BCUT2D eigenvalue weighted by molar-refractivity contribution is 7.14. The smallest absolute Gasteiger partial charge is 0.317 e. The largest absolute Gasteiger partial charge is 0.480 e. The minimum atomic E-state index is -0.855. The van der Waals surface area contributed by atoms with Crippen LogP contribution >= 0.6 is 11.3 Å². The van der Waals surface area contributed by atoms with Crippen molar-refractivity contribution >= 4 is 23.2 Å². The maximum absolute atomic E-state index is 12.9. The second-order valence-electron chi connectivity index (χ2n) is 6.95. The Balaban J connectivity index is 1.61. The average Bonchev–Trinajstić information content (AvgIpc) is 2.84. The topological polar surface area (TPSA) is 70.1 Å². The Labute approximate surface area is 152 Å². The number of nitrogens with zero attached hydrogens (tertiary/aromatic N) is 2. The van der Waals surface area contributed by atoms with Gasteiger partial charge in [0.2, 0.25) is 0 Å². The van der Waals surface area contributed by atoms with Gasteiger partial charge in [-0.15, -0.1) is 11.3 Å². The highest BCUT2D eigenvalue weighted by atomic mass is 32.1. The molecule has 0 spiro atoms. The van der Waals surface area contributed by atoms with Crippen LogP contribution in [0.5, 0.6) is 0 Å². The molecule has 1 aliphatic heterocycles. The Kier molecular flexibility index (Phi) is 6.09. The summed E-state index contributed by atoms with van der Waals surface area (Å²) in [4.78, 5) is 29.5. The van der Waals surface area contributed by atoms with Crippen molar-refractivity contribution in [2.45, 2.75) is 38.2 Å². The van der Waals surface area contributed by atoms with Crippen LogP contribution in [0.25, 0.3) is 0 Å². The fourth-order valence-corrected chi connectivity index (χ4v) is 4.81. The zero-order chi connectivity index (χ0) is 17.8. The minimum Gasteiger partial charge on any atom is -0.480 e. The Morgan fingerprint density at radius 1 is 1.36 bits per heavy atom. The quantitative estimate of drug-likeness (QED) is 0.806. The van der Waals surface area contributed by atoms with E-state index in [9.17, 15) is 9.59 Å². The van der Waals surface area contributed by atoms with Crippen LogP contribution in [0.3, 0.4) is 0 Å². The molecule has 0 radical (unpaired) electrons. The number of carbonyl (C=O) groups is 2. The lowest BCUT2D eigenvalue weighted by molar-refractivity contribution is -0.138. The van der Waals surface area contributed by atoms with E-state index in [0.717, 1.165) is 17.7 Å². The lowest BCUT2D eigenvalue weighted by atomic mass is 10.1. The molecule has 1 aromatic heterocycles. The first-order valence-corrected chi connectivity index (χ1v) is 9.77. The number of likely N-dealkylation sites (N-methyl/N-ethyl adjacent to an activating group) is 1. The molecule has 138 valence electrons. The third-order valence-electron chi connectivity index (χ3n) is 4.80. The molecule has 0 bridgehead atoms. The summed E-state index contributed by atoms with van der Waals surface area (Å²) in [6, 6.07) is 2.09. The minimum absolute atomic E-state index is 0.0224. The molecule has 1 aliphatic carbocycles. The van der Waals surface area contributed by atoms with Crippen LogP contribution < -0.4 is 0 Å². The van der Waals surface area contributed by atoms with Gasteiger partial charge in [0.15, 0.2) is 0 Å². The number of aryl methyl sites for hydroxylation is 2. The molecule has 1 N–H and O–H groups in total. The van der Waals surface area contributed by atoms with E-state index >= 15 is 0 Å². The average molecular weight is 366 g/mol. The molecular formula is C18H26N2O4S. The molecule has 1 unspecified atom stereocenters. The first kappa shape index (κ1) is 18.4. The van der Waals surface area contributed by atoms with E-state index in [1.54, 1.807) is 23.3 Å². The molecule has 2 heterocycles. The van der Waals surface area contributed by atoms with Gasteiger partial charge in [-0.1, -0.05) is 6.42 Å². The first-order chi connectivity index (χ1) is 12.0. The standard InChI is InChI=1S/C18H26N2O4S/c1-19(12-17(21)22)10-14-11-20(7-8-24-14)18(23)16-9-13-5-3-2-4-6-15(13)25-16/h9,14H,2-8,10-12H2,1H3,(H,21,22). The van der Waals surface area contributed by atoms with Gasteiger partial charge in [0, 0.05) is 24.5 Å². The van der Waals surface area contributed by atoms with Crippen LogP contribution in [-0.4, -0.2) is 72.7 Å². The van der Waals surface area contributed by atoms with Gasteiger partial charge >= 0.3 is 5.97 Å². The van der Waals surface area contributed by atoms with Gasteiger partial charge in [-0.3, -0.25) is 14.5 Å². The zero-order valence-corrected chi connectivity index (χ0v) is 15.5. The van der Waals surface area contributed by atoms with E-state index < -0.39 is 5.97 Å². The number of carbonyl (C=O) groups excluding carboxylic acids is 1. The second kappa shape index (κ2) is 8.29. The molecule has 1 fully saturated rings. The monoisotopic (exact) mass is 366 g/mol. The number of hydrogen-bond donors (Lipinski definition) is 1. The van der Waals surface area contributed by atoms with Crippen molar-refractivity contribution in [3.05, 3.63) is 21.4 Å².